The lowest BCUT2D eigenvalue weighted by Gasteiger charge is -2.29. The van der Waals surface area contributed by atoms with Crippen LogP contribution in [0.5, 0.6) is 5.75 Å². The highest BCUT2D eigenvalue weighted by Gasteiger charge is 2.23. The number of benzene rings is 1. The molecule has 0 amide bonds. The van der Waals surface area contributed by atoms with Gasteiger partial charge in [0.05, 0.1) is 11.4 Å². The van der Waals surface area contributed by atoms with E-state index in [1.165, 1.54) is 28.8 Å². The summed E-state index contributed by atoms with van der Waals surface area (Å²) in [5.74, 6) is 0.939. The molecule has 1 N–H and O–H groups in total. The molecule has 112 valence electrons. The summed E-state index contributed by atoms with van der Waals surface area (Å²) >= 11 is 7.69. The minimum absolute atomic E-state index is 0.310. The van der Waals surface area contributed by atoms with Gasteiger partial charge in [-0.15, -0.1) is 11.3 Å². The minimum atomic E-state index is 0.310. The van der Waals surface area contributed by atoms with Crippen LogP contribution in [-0.2, 0) is 6.42 Å². The van der Waals surface area contributed by atoms with Crippen LogP contribution >= 0.6 is 22.9 Å². The molecule has 0 saturated heterocycles. The molecule has 0 radical (unpaired) electrons. The highest BCUT2D eigenvalue weighted by Crippen LogP contribution is 2.35. The van der Waals surface area contributed by atoms with Crippen molar-refractivity contribution in [2.75, 3.05) is 7.11 Å². The van der Waals surface area contributed by atoms with Crippen molar-refractivity contribution >= 4 is 22.9 Å². The second-order valence-electron chi connectivity index (χ2n) is 5.54. The molecule has 21 heavy (non-hydrogen) atoms. The van der Waals surface area contributed by atoms with Crippen molar-refractivity contribution in [2.45, 2.75) is 38.3 Å². The molecule has 2 unspecified atom stereocenters. The van der Waals surface area contributed by atoms with Crippen molar-refractivity contribution in [1.29, 1.82) is 0 Å². The second-order valence-corrected chi connectivity index (χ2v) is 7.29. The van der Waals surface area contributed by atoms with Gasteiger partial charge in [0, 0.05) is 17.0 Å². The Morgan fingerprint density at radius 2 is 2.19 bits per heavy atom. The summed E-state index contributed by atoms with van der Waals surface area (Å²) in [5, 5.41) is 3.75. The number of nitrogens with one attached hydrogen (secondary N) is 1. The number of aryl methyl sites for hydroxylation is 1. The predicted octanol–water partition coefficient (Wildman–Crippen LogP) is 5.14. The van der Waals surface area contributed by atoms with Crippen molar-refractivity contribution in [2.24, 2.45) is 0 Å². The van der Waals surface area contributed by atoms with Crippen molar-refractivity contribution in [1.82, 2.24) is 5.32 Å². The maximum absolute atomic E-state index is 6.04. The van der Waals surface area contributed by atoms with Gasteiger partial charge in [-0.2, -0.15) is 0 Å². The molecule has 2 nitrogen and oxygen atoms in total. The molecule has 1 heterocycles. The van der Waals surface area contributed by atoms with E-state index in [1.807, 2.05) is 6.07 Å². The van der Waals surface area contributed by atoms with Gasteiger partial charge < -0.3 is 10.1 Å². The van der Waals surface area contributed by atoms with Gasteiger partial charge in [0.25, 0.3) is 0 Å². The minimum Gasteiger partial charge on any atom is -0.497 e. The molecular weight excluding hydrogens is 302 g/mol. The molecule has 2 aromatic rings. The highest BCUT2D eigenvalue weighted by atomic mass is 35.5. The Morgan fingerprint density at radius 1 is 1.33 bits per heavy atom. The number of hydrogen-bond acceptors (Lipinski definition) is 3. The monoisotopic (exact) mass is 321 g/mol. The molecule has 1 aliphatic carbocycles. The molecule has 1 aromatic heterocycles. The summed E-state index contributed by atoms with van der Waals surface area (Å²) in [4.78, 5) is 1.29. The Hall–Kier alpha value is -1.03. The Balaban J connectivity index is 1.81. The van der Waals surface area contributed by atoms with Crippen molar-refractivity contribution in [3.8, 4) is 5.75 Å². The number of methoxy groups -OCH3 is 1. The molecule has 0 bridgehead atoms. The maximum Gasteiger partial charge on any atom is 0.119 e. The average Bonchev–Trinajstić information content (AvgIpc) is 2.94. The third-order valence-corrected chi connectivity index (χ3v) is 5.55. The maximum atomic E-state index is 6.04. The van der Waals surface area contributed by atoms with Crippen LogP contribution in [0.4, 0.5) is 0 Å². The molecule has 3 rings (SSSR count). The van der Waals surface area contributed by atoms with Crippen LogP contribution in [0.15, 0.2) is 30.3 Å². The number of hydrogen-bond donors (Lipinski definition) is 1. The van der Waals surface area contributed by atoms with Gasteiger partial charge in [-0.05, 0) is 61.6 Å². The summed E-state index contributed by atoms with van der Waals surface area (Å²) in [6.07, 6.45) is 3.56. The summed E-state index contributed by atoms with van der Waals surface area (Å²) in [6.45, 7) is 2.20. The summed E-state index contributed by atoms with van der Waals surface area (Å²) in [5.41, 5.74) is 2.83. The Morgan fingerprint density at radius 3 is 2.90 bits per heavy atom. The van der Waals surface area contributed by atoms with Gasteiger partial charge in [0.15, 0.2) is 0 Å². The fourth-order valence-corrected chi connectivity index (χ4v) is 4.09. The van der Waals surface area contributed by atoms with Crippen LogP contribution in [0.2, 0.25) is 4.34 Å². The van der Waals surface area contributed by atoms with Gasteiger partial charge in [-0.1, -0.05) is 17.7 Å². The van der Waals surface area contributed by atoms with Crippen LogP contribution in [0.25, 0.3) is 0 Å². The summed E-state index contributed by atoms with van der Waals surface area (Å²) in [7, 11) is 1.73. The highest BCUT2D eigenvalue weighted by molar-refractivity contribution is 7.16. The number of fused-ring (bicyclic) bond motifs is 1. The molecule has 0 fully saturated rings. The van der Waals surface area contributed by atoms with E-state index in [0.29, 0.717) is 12.1 Å². The number of thiophene rings is 1. The molecule has 0 saturated carbocycles. The van der Waals surface area contributed by atoms with Crippen molar-refractivity contribution in [3.63, 3.8) is 0 Å². The van der Waals surface area contributed by atoms with Gasteiger partial charge in [0.1, 0.15) is 5.75 Å². The van der Waals surface area contributed by atoms with Gasteiger partial charge in [0.2, 0.25) is 0 Å². The zero-order chi connectivity index (χ0) is 14.8. The van der Waals surface area contributed by atoms with Crippen LogP contribution < -0.4 is 10.1 Å². The first kappa shape index (κ1) is 14.9. The van der Waals surface area contributed by atoms with Crippen LogP contribution in [0, 0.1) is 0 Å². The lowest BCUT2D eigenvalue weighted by molar-refractivity contribution is 0.400. The molecule has 0 aliphatic heterocycles. The van der Waals surface area contributed by atoms with Crippen molar-refractivity contribution < 1.29 is 4.74 Å². The topological polar surface area (TPSA) is 21.3 Å². The predicted molar refractivity (Wildman–Crippen MR) is 89.6 cm³/mol. The third kappa shape index (κ3) is 3.25. The lowest BCUT2D eigenvalue weighted by atomic mass is 9.87. The Bertz CT molecular complexity index is 625. The SMILES string of the molecule is COc1ccc2c(c1)C(NC(C)c1ccc(Cl)s1)CCC2. The standard InChI is InChI=1S/C17H20ClNOS/c1-11(16-8-9-17(18)21-16)19-15-5-3-4-12-6-7-13(20-2)10-14(12)15/h6-11,15,19H,3-5H2,1-2H3. The summed E-state index contributed by atoms with van der Waals surface area (Å²) < 4.78 is 6.23. The normalized spacial score (nSPS) is 19.1. The first-order valence-electron chi connectivity index (χ1n) is 7.35. The largest absolute Gasteiger partial charge is 0.497 e. The van der Waals surface area contributed by atoms with E-state index in [2.05, 4.69) is 36.5 Å². The van der Waals surface area contributed by atoms with Crippen LogP contribution in [-0.4, -0.2) is 7.11 Å². The zero-order valence-electron chi connectivity index (χ0n) is 12.4. The second kappa shape index (κ2) is 6.39. The molecule has 2 atom stereocenters. The molecule has 0 spiro atoms. The van der Waals surface area contributed by atoms with E-state index in [0.717, 1.165) is 16.5 Å². The number of rotatable bonds is 4. The first-order valence-corrected chi connectivity index (χ1v) is 8.55. The van der Waals surface area contributed by atoms with Gasteiger partial charge in [-0.25, -0.2) is 0 Å². The first-order chi connectivity index (χ1) is 10.2. The third-order valence-electron chi connectivity index (χ3n) is 4.14. The van der Waals surface area contributed by atoms with E-state index in [9.17, 15) is 0 Å². The lowest BCUT2D eigenvalue weighted by Crippen LogP contribution is -2.27. The van der Waals surface area contributed by atoms with Crippen LogP contribution in [0.1, 0.15) is 47.9 Å². The molecule has 1 aliphatic rings. The van der Waals surface area contributed by atoms with E-state index < -0.39 is 0 Å². The zero-order valence-corrected chi connectivity index (χ0v) is 13.9. The fourth-order valence-electron chi connectivity index (χ4n) is 3.02. The quantitative estimate of drug-likeness (QED) is 0.842. The van der Waals surface area contributed by atoms with Crippen molar-refractivity contribution in [3.05, 3.63) is 50.7 Å². The van der Waals surface area contributed by atoms with Gasteiger partial charge in [-0.3, -0.25) is 0 Å². The number of halogens is 1. The molecule has 1 aromatic carbocycles. The molecular formula is C17H20ClNOS. The average molecular weight is 322 g/mol. The smallest absolute Gasteiger partial charge is 0.119 e. The molecule has 4 heteroatoms. The fraction of sp³-hybridized carbons (Fsp3) is 0.412. The number of ether oxygens (including phenoxy) is 1. The van der Waals surface area contributed by atoms with Crippen LogP contribution in [0.3, 0.4) is 0 Å². The van der Waals surface area contributed by atoms with E-state index >= 15 is 0 Å². The van der Waals surface area contributed by atoms with E-state index in [1.54, 1.807) is 18.4 Å². The van der Waals surface area contributed by atoms with Gasteiger partial charge >= 0.3 is 0 Å². The Labute approximate surface area is 135 Å². The van der Waals surface area contributed by atoms with E-state index in [4.69, 9.17) is 16.3 Å². The summed E-state index contributed by atoms with van der Waals surface area (Å²) in [6, 6.07) is 11.2. The van der Waals surface area contributed by atoms with E-state index in [-0.39, 0.29) is 0 Å². The Kier molecular flexibility index (Phi) is 4.53.